The number of rotatable bonds is 9. The summed E-state index contributed by atoms with van der Waals surface area (Å²) in [5.41, 5.74) is 2.42. The first-order chi connectivity index (χ1) is 17.5. The van der Waals surface area contributed by atoms with E-state index in [4.69, 9.17) is 14.5 Å². The van der Waals surface area contributed by atoms with Gasteiger partial charge in [-0.2, -0.15) is 0 Å². The number of carboxylic acids is 1. The number of benzene rings is 3. The molecule has 4 rings (SSSR count). The number of thioether (sulfide) groups is 1. The third kappa shape index (κ3) is 5.95. The minimum absolute atomic E-state index is 0.175. The van der Waals surface area contributed by atoms with Gasteiger partial charge in [0.05, 0.1) is 17.7 Å². The molecule has 184 valence electrons. The standard InChI is InChI=1S/C28H26N2O5S/c1-19(27(32)33)35-25-21(12-9-15-23(25)34-2)18-24-26(31)30(17-16-20-10-5-3-6-11-20)28(36-24)29-22-13-7-4-8-14-22/h3-15,18-19H,16-17H2,1-2H3,(H,32,33)/b24-18-,29-28?/t19-/m0/s1. The topological polar surface area (TPSA) is 88.4 Å². The maximum absolute atomic E-state index is 13.5. The van der Waals surface area contributed by atoms with Crippen LogP contribution in [0.3, 0.4) is 0 Å². The first-order valence-corrected chi connectivity index (χ1v) is 12.2. The molecule has 8 heteroatoms. The van der Waals surface area contributed by atoms with E-state index in [0.717, 1.165) is 11.3 Å². The van der Waals surface area contributed by atoms with Crippen molar-refractivity contribution >= 4 is 40.6 Å². The number of aliphatic carboxylic acids is 1. The Labute approximate surface area is 214 Å². The molecule has 1 atom stereocenters. The van der Waals surface area contributed by atoms with Gasteiger partial charge < -0.3 is 14.6 Å². The molecule has 3 aromatic rings. The van der Waals surface area contributed by atoms with Gasteiger partial charge in [-0.25, -0.2) is 9.79 Å². The number of aliphatic imine (C=N–C) groups is 1. The van der Waals surface area contributed by atoms with E-state index < -0.39 is 12.1 Å². The largest absolute Gasteiger partial charge is 0.493 e. The molecular weight excluding hydrogens is 476 g/mol. The summed E-state index contributed by atoms with van der Waals surface area (Å²) >= 11 is 1.27. The van der Waals surface area contributed by atoms with Gasteiger partial charge in [0.1, 0.15) is 0 Å². The number of methoxy groups -OCH3 is 1. The molecule has 0 spiro atoms. The summed E-state index contributed by atoms with van der Waals surface area (Å²) in [7, 11) is 1.48. The Morgan fingerprint density at radius 1 is 1.06 bits per heavy atom. The van der Waals surface area contributed by atoms with E-state index in [1.54, 1.807) is 29.2 Å². The van der Waals surface area contributed by atoms with Crippen molar-refractivity contribution in [2.24, 2.45) is 4.99 Å². The maximum Gasteiger partial charge on any atom is 0.344 e. The van der Waals surface area contributed by atoms with Crippen LogP contribution >= 0.6 is 11.8 Å². The quantitative estimate of drug-likeness (QED) is 0.395. The number of hydrogen-bond acceptors (Lipinski definition) is 6. The van der Waals surface area contributed by atoms with Crippen LogP contribution in [0.4, 0.5) is 5.69 Å². The molecule has 0 saturated carbocycles. The van der Waals surface area contributed by atoms with Crippen molar-refractivity contribution < 1.29 is 24.2 Å². The molecule has 3 aromatic carbocycles. The van der Waals surface area contributed by atoms with Crippen molar-refractivity contribution in [1.82, 2.24) is 4.90 Å². The Kier molecular flexibility index (Phi) is 8.07. The molecule has 1 aliphatic rings. The van der Waals surface area contributed by atoms with Crippen molar-refractivity contribution in [2.75, 3.05) is 13.7 Å². The number of amidine groups is 1. The first-order valence-electron chi connectivity index (χ1n) is 11.4. The molecule has 1 fully saturated rings. The molecular formula is C28H26N2O5S. The molecule has 7 nitrogen and oxygen atoms in total. The Balaban J connectivity index is 1.69. The number of para-hydroxylation sites is 2. The van der Waals surface area contributed by atoms with E-state index in [0.29, 0.717) is 34.4 Å². The average Bonchev–Trinajstić information content (AvgIpc) is 3.18. The number of nitrogens with zero attached hydrogens (tertiary/aromatic N) is 2. The van der Waals surface area contributed by atoms with Crippen LogP contribution in [-0.4, -0.2) is 46.8 Å². The van der Waals surface area contributed by atoms with Crippen LogP contribution in [0.15, 0.2) is 88.8 Å². The van der Waals surface area contributed by atoms with E-state index >= 15 is 0 Å². The summed E-state index contributed by atoms with van der Waals surface area (Å²) in [6.45, 7) is 1.91. The number of hydrogen-bond donors (Lipinski definition) is 1. The third-order valence-corrected chi connectivity index (χ3v) is 6.50. The van der Waals surface area contributed by atoms with Crippen LogP contribution in [0.1, 0.15) is 18.1 Å². The summed E-state index contributed by atoms with van der Waals surface area (Å²) in [5.74, 6) is -0.632. The smallest absolute Gasteiger partial charge is 0.344 e. The number of carbonyl (C=O) groups excluding carboxylic acids is 1. The monoisotopic (exact) mass is 502 g/mol. The first kappa shape index (κ1) is 25.1. The lowest BCUT2D eigenvalue weighted by Gasteiger charge is -2.16. The number of carboxylic acid groups (broad SMARTS) is 1. The second kappa shape index (κ2) is 11.6. The van der Waals surface area contributed by atoms with Gasteiger partial charge in [-0.15, -0.1) is 0 Å². The molecule has 0 aliphatic carbocycles. The fraction of sp³-hybridized carbons (Fsp3) is 0.179. The number of ether oxygens (including phenoxy) is 2. The summed E-state index contributed by atoms with van der Waals surface area (Å²) in [6, 6.07) is 24.7. The van der Waals surface area contributed by atoms with Crippen molar-refractivity contribution in [3.63, 3.8) is 0 Å². The predicted octanol–water partition coefficient (Wildman–Crippen LogP) is 5.39. The van der Waals surface area contributed by atoms with Gasteiger partial charge in [0.15, 0.2) is 22.8 Å². The molecule has 36 heavy (non-hydrogen) atoms. The highest BCUT2D eigenvalue weighted by Crippen LogP contribution is 2.38. The van der Waals surface area contributed by atoms with Crippen molar-refractivity contribution in [2.45, 2.75) is 19.4 Å². The van der Waals surface area contributed by atoms with Gasteiger partial charge in [0, 0.05) is 12.1 Å². The predicted molar refractivity (Wildman–Crippen MR) is 142 cm³/mol. The van der Waals surface area contributed by atoms with Gasteiger partial charge >= 0.3 is 5.97 Å². The highest BCUT2D eigenvalue weighted by molar-refractivity contribution is 8.18. The molecule has 1 N–H and O–H groups in total. The zero-order valence-corrected chi connectivity index (χ0v) is 20.8. The Bertz CT molecular complexity index is 1290. The molecule has 0 radical (unpaired) electrons. The Morgan fingerprint density at radius 3 is 2.42 bits per heavy atom. The summed E-state index contributed by atoms with van der Waals surface area (Å²) in [5, 5.41) is 9.91. The lowest BCUT2D eigenvalue weighted by atomic mass is 10.1. The molecule has 0 unspecified atom stereocenters. The number of carbonyl (C=O) groups is 2. The fourth-order valence-corrected chi connectivity index (χ4v) is 4.60. The zero-order chi connectivity index (χ0) is 25.5. The normalized spacial score (nSPS) is 16.4. The highest BCUT2D eigenvalue weighted by atomic mass is 32.2. The van der Waals surface area contributed by atoms with E-state index in [9.17, 15) is 14.7 Å². The van der Waals surface area contributed by atoms with Crippen molar-refractivity contribution in [3.05, 3.63) is 94.9 Å². The van der Waals surface area contributed by atoms with Gasteiger partial charge in [-0.1, -0.05) is 60.7 Å². The summed E-state index contributed by atoms with van der Waals surface area (Å²) < 4.78 is 11.1. The van der Waals surface area contributed by atoms with Gasteiger partial charge in [-0.3, -0.25) is 9.69 Å². The molecule has 0 aromatic heterocycles. The van der Waals surface area contributed by atoms with Crippen molar-refractivity contribution in [3.8, 4) is 11.5 Å². The minimum Gasteiger partial charge on any atom is -0.493 e. The molecule has 1 aliphatic heterocycles. The molecule has 1 saturated heterocycles. The summed E-state index contributed by atoms with van der Waals surface area (Å²) in [6.07, 6.45) is 1.28. The van der Waals surface area contributed by atoms with Crippen LogP contribution < -0.4 is 9.47 Å². The van der Waals surface area contributed by atoms with E-state index in [1.807, 2.05) is 60.7 Å². The van der Waals surface area contributed by atoms with Gasteiger partial charge in [0.25, 0.3) is 5.91 Å². The minimum atomic E-state index is -1.10. The average molecular weight is 503 g/mol. The van der Waals surface area contributed by atoms with E-state index in [2.05, 4.69) is 0 Å². The molecule has 1 heterocycles. The maximum atomic E-state index is 13.5. The SMILES string of the molecule is COc1cccc(/C=C2\SC(=Nc3ccccc3)N(CCc3ccccc3)C2=O)c1O[C@@H](C)C(=O)O. The Hall–Kier alpha value is -4.04. The van der Waals surface area contributed by atoms with Crippen LogP contribution in [-0.2, 0) is 16.0 Å². The lowest BCUT2D eigenvalue weighted by molar-refractivity contribution is -0.144. The number of amides is 1. The van der Waals surface area contributed by atoms with E-state index in [1.165, 1.54) is 25.8 Å². The van der Waals surface area contributed by atoms with E-state index in [-0.39, 0.29) is 11.7 Å². The lowest BCUT2D eigenvalue weighted by Crippen LogP contribution is -2.31. The zero-order valence-electron chi connectivity index (χ0n) is 20.0. The fourth-order valence-electron chi connectivity index (χ4n) is 3.59. The molecule has 1 amide bonds. The second-order valence-corrected chi connectivity index (χ2v) is 9.02. The second-order valence-electron chi connectivity index (χ2n) is 8.01. The van der Waals surface area contributed by atoms with Crippen LogP contribution in [0.5, 0.6) is 11.5 Å². The van der Waals surface area contributed by atoms with Crippen molar-refractivity contribution in [1.29, 1.82) is 0 Å². The van der Waals surface area contributed by atoms with Crippen LogP contribution in [0.2, 0.25) is 0 Å². The van der Waals surface area contributed by atoms with Crippen LogP contribution in [0, 0.1) is 0 Å². The third-order valence-electron chi connectivity index (χ3n) is 5.49. The Morgan fingerprint density at radius 2 is 1.75 bits per heavy atom. The molecule has 0 bridgehead atoms. The highest BCUT2D eigenvalue weighted by Gasteiger charge is 2.33. The van der Waals surface area contributed by atoms with Gasteiger partial charge in [0.2, 0.25) is 0 Å². The summed E-state index contributed by atoms with van der Waals surface area (Å²) in [4.78, 5) is 31.8. The van der Waals surface area contributed by atoms with Gasteiger partial charge in [-0.05, 0) is 54.9 Å². The van der Waals surface area contributed by atoms with Crippen LogP contribution in [0.25, 0.3) is 6.08 Å².